The number of nitrogens with zero attached hydrogens (tertiary/aromatic N) is 5. The summed E-state index contributed by atoms with van der Waals surface area (Å²) in [4.78, 5) is 20.6. The third kappa shape index (κ3) is 3.50. The van der Waals surface area contributed by atoms with Crippen LogP contribution < -0.4 is 19.5 Å². The molecule has 0 spiro atoms. The van der Waals surface area contributed by atoms with Crippen LogP contribution in [0.25, 0.3) is 21.9 Å². The maximum Gasteiger partial charge on any atom is 0.327 e. The van der Waals surface area contributed by atoms with E-state index in [1.165, 1.54) is 12.4 Å². The molecule has 10 heteroatoms. The summed E-state index contributed by atoms with van der Waals surface area (Å²) in [5.74, 6) is 1.63. The number of aromatic nitrogens is 6. The highest BCUT2D eigenvalue weighted by atomic mass is 16.5. The van der Waals surface area contributed by atoms with Crippen molar-refractivity contribution in [1.29, 1.82) is 0 Å². The van der Waals surface area contributed by atoms with Gasteiger partial charge in [0.15, 0.2) is 17.7 Å². The minimum atomic E-state index is 0.0271. The van der Waals surface area contributed by atoms with Crippen LogP contribution in [0.1, 0.15) is 5.82 Å². The molecule has 0 radical (unpaired) electrons. The molecular formula is C21H17N7O3. The van der Waals surface area contributed by atoms with E-state index >= 15 is 0 Å². The molecule has 0 aliphatic heterocycles. The Morgan fingerprint density at radius 2 is 1.87 bits per heavy atom. The second-order valence-electron chi connectivity index (χ2n) is 6.71. The van der Waals surface area contributed by atoms with Crippen molar-refractivity contribution in [2.45, 2.75) is 6.92 Å². The summed E-state index contributed by atoms with van der Waals surface area (Å²) in [5.41, 5.74) is 2.28. The maximum atomic E-state index is 11.6. The van der Waals surface area contributed by atoms with Gasteiger partial charge in [-0.25, -0.2) is 9.97 Å². The lowest BCUT2D eigenvalue weighted by molar-refractivity contribution is -0.605. The molecule has 5 aromatic rings. The number of pyridine rings is 1. The number of ether oxygens (including phenoxy) is 2. The summed E-state index contributed by atoms with van der Waals surface area (Å²) in [6.07, 6.45) is 5.79. The van der Waals surface area contributed by atoms with E-state index in [-0.39, 0.29) is 11.9 Å². The summed E-state index contributed by atoms with van der Waals surface area (Å²) >= 11 is 0. The number of aryl methyl sites for hydroxylation is 1. The Kier molecular flexibility index (Phi) is 4.43. The van der Waals surface area contributed by atoms with Crippen molar-refractivity contribution in [1.82, 2.24) is 24.9 Å². The Hall–Kier alpha value is -4.47. The first-order valence-electron chi connectivity index (χ1n) is 9.44. The largest absolute Gasteiger partial charge is 0.619 e. The molecule has 2 N–H and O–H groups in total. The van der Waals surface area contributed by atoms with Crippen LogP contribution in [0.4, 0.5) is 5.69 Å². The summed E-state index contributed by atoms with van der Waals surface area (Å²) in [6.45, 7) is 1.79. The van der Waals surface area contributed by atoms with E-state index in [4.69, 9.17) is 9.47 Å². The zero-order valence-corrected chi connectivity index (χ0v) is 16.7. The van der Waals surface area contributed by atoms with Gasteiger partial charge in [0.1, 0.15) is 11.5 Å². The lowest BCUT2D eigenvalue weighted by atomic mass is 10.2. The third-order valence-corrected chi connectivity index (χ3v) is 4.63. The van der Waals surface area contributed by atoms with Gasteiger partial charge in [0.2, 0.25) is 12.1 Å². The van der Waals surface area contributed by atoms with Gasteiger partial charge in [-0.15, -0.1) is 0 Å². The van der Waals surface area contributed by atoms with Crippen LogP contribution in [0.15, 0.2) is 55.1 Å². The molecule has 0 aliphatic rings. The molecule has 4 aromatic heterocycles. The average Bonchev–Trinajstić information content (AvgIpc) is 3.14. The Labute approximate surface area is 176 Å². The van der Waals surface area contributed by atoms with Crippen molar-refractivity contribution in [3.8, 4) is 23.4 Å². The molecule has 31 heavy (non-hydrogen) atoms. The van der Waals surface area contributed by atoms with Crippen molar-refractivity contribution in [3.05, 3.63) is 66.2 Å². The molecule has 0 fully saturated rings. The zero-order chi connectivity index (χ0) is 21.4. The molecule has 0 saturated heterocycles. The number of fused-ring (bicyclic) bond motifs is 3. The number of nitrogens with one attached hydrogen (secondary N) is 2. The average molecular weight is 415 g/mol. The van der Waals surface area contributed by atoms with Gasteiger partial charge in [0.25, 0.3) is 0 Å². The first-order valence-corrected chi connectivity index (χ1v) is 9.44. The number of hydrogen-bond acceptors (Lipinski definition) is 8. The fourth-order valence-electron chi connectivity index (χ4n) is 3.24. The molecule has 0 amide bonds. The van der Waals surface area contributed by atoms with Crippen LogP contribution in [0.2, 0.25) is 0 Å². The predicted molar refractivity (Wildman–Crippen MR) is 113 cm³/mol. The van der Waals surface area contributed by atoms with Crippen molar-refractivity contribution >= 4 is 27.6 Å². The fraction of sp³-hybridized carbons (Fsp3) is 0.0952. The standard InChI is InChI=1S/C21H17N7O3/c1-12-23-9-14(10-24-12)30-20-17-15-6-3-7-16(22-2)18(15)25-19(17)26-21(27-20)31-13-5-4-8-28(29)11-13/h3-11,22H,1-2H3,(H,25,26,27). The lowest BCUT2D eigenvalue weighted by Crippen LogP contribution is -2.23. The van der Waals surface area contributed by atoms with Crippen LogP contribution in [0.5, 0.6) is 23.4 Å². The molecule has 10 nitrogen and oxygen atoms in total. The van der Waals surface area contributed by atoms with Crippen LogP contribution in [-0.2, 0) is 0 Å². The lowest BCUT2D eigenvalue weighted by Gasteiger charge is -2.08. The van der Waals surface area contributed by atoms with Crippen LogP contribution in [0.3, 0.4) is 0 Å². The van der Waals surface area contributed by atoms with E-state index in [1.54, 1.807) is 31.5 Å². The molecule has 0 saturated carbocycles. The highest BCUT2D eigenvalue weighted by Gasteiger charge is 2.19. The van der Waals surface area contributed by atoms with Gasteiger partial charge < -0.3 is 25.0 Å². The number of hydrogen-bond donors (Lipinski definition) is 2. The van der Waals surface area contributed by atoms with Crippen molar-refractivity contribution in [2.24, 2.45) is 0 Å². The Morgan fingerprint density at radius 1 is 1.03 bits per heavy atom. The van der Waals surface area contributed by atoms with Gasteiger partial charge in [-0.05, 0) is 19.1 Å². The van der Waals surface area contributed by atoms with E-state index in [2.05, 4.69) is 30.2 Å². The maximum absolute atomic E-state index is 11.6. The fourth-order valence-corrected chi connectivity index (χ4v) is 3.24. The number of anilines is 1. The van der Waals surface area contributed by atoms with Gasteiger partial charge in [-0.3, -0.25) is 0 Å². The number of aromatic amines is 1. The molecule has 154 valence electrons. The van der Waals surface area contributed by atoms with E-state index in [0.717, 1.165) is 16.6 Å². The molecule has 0 unspecified atom stereocenters. The topological polar surface area (TPSA) is 125 Å². The number of para-hydroxylation sites is 1. The van der Waals surface area contributed by atoms with E-state index in [0.29, 0.717) is 33.1 Å². The van der Waals surface area contributed by atoms with Crippen LogP contribution in [0, 0.1) is 12.1 Å². The zero-order valence-electron chi connectivity index (χ0n) is 16.7. The quantitative estimate of drug-likeness (QED) is 0.330. The second-order valence-corrected chi connectivity index (χ2v) is 6.71. The Bertz CT molecular complexity index is 1400. The summed E-state index contributed by atoms with van der Waals surface area (Å²) < 4.78 is 12.4. The third-order valence-electron chi connectivity index (χ3n) is 4.63. The highest BCUT2D eigenvalue weighted by molar-refractivity contribution is 6.12. The number of H-pyrrole nitrogens is 1. The second kappa shape index (κ2) is 7.41. The monoisotopic (exact) mass is 415 g/mol. The number of rotatable bonds is 5. The highest BCUT2D eigenvalue weighted by Crippen LogP contribution is 2.37. The van der Waals surface area contributed by atoms with Gasteiger partial charge in [0.05, 0.1) is 29.0 Å². The first-order chi connectivity index (χ1) is 15.1. The predicted octanol–water partition coefficient (Wildman–Crippen LogP) is 3.47. The van der Waals surface area contributed by atoms with E-state index < -0.39 is 0 Å². The van der Waals surface area contributed by atoms with Gasteiger partial charge in [0, 0.05) is 18.5 Å². The molecule has 4 heterocycles. The van der Waals surface area contributed by atoms with Crippen LogP contribution in [-0.4, -0.2) is 32.0 Å². The minimum Gasteiger partial charge on any atom is -0.619 e. The van der Waals surface area contributed by atoms with E-state index in [1.807, 2.05) is 25.2 Å². The molecule has 0 bridgehead atoms. The summed E-state index contributed by atoms with van der Waals surface area (Å²) in [7, 11) is 1.84. The van der Waals surface area contributed by atoms with Crippen molar-refractivity contribution in [2.75, 3.05) is 12.4 Å². The molecule has 5 rings (SSSR count). The normalized spacial score (nSPS) is 11.0. The summed E-state index contributed by atoms with van der Waals surface area (Å²) in [6, 6.07) is 9.08. The Balaban J connectivity index is 1.68. The SMILES string of the molecule is CNc1cccc2c1[nH]c1nc(Oc3ccc[n+]([O-])c3)nc(Oc3cnc(C)nc3)c12. The molecule has 1 aromatic carbocycles. The molecule has 0 atom stereocenters. The molecular weight excluding hydrogens is 398 g/mol. The number of benzene rings is 1. The smallest absolute Gasteiger partial charge is 0.327 e. The molecule has 0 aliphatic carbocycles. The van der Waals surface area contributed by atoms with Gasteiger partial charge >= 0.3 is 6.01 Å². The van der Waals surface area contributed by atoms with Crippen LogP contribution >= 0.6 is 0 Å². The van der Waals surface area contributed by atoms with Gasteiger partial charge in [-0.1, -0.05) is 12.1 Å². The van der Waals surface area contributed by atoms with Crippen molar-refractivity contribution in [3.63, 3.8) is 0 Å². The summed E-state index contributed by atoms with van der Waals surface area (Å²) in [5, 5.41) is 16.3. The van der Waals surface area contributed by atoms with E-state index in [9.17, 15) is 5.21 Å². The first kappa shape index (κ1) is 18.6. The van der Waals surface area contributed by atoms with Gasteiger partial charge in [-0.2, -0.15) is 14.7 Å². The Morgan fingerprint density at radius 3 is 2.65 bits per heavy atom. The van der Waals surface area contributed by atoms with Crippen molar-refractivity contribution < 1.29 is 14.2 Å². The minimum absolute atomic E-state index is 0.0271.